The average molecular weight is 249 g/mol. The predicted molar refractivity (Wildman–Crippen MR) is 79.8 cm³/mol. The molecule has 0 amide bonds. The van der Waals surface area contributed by atoms with Crippen molar-refractivity contribution >= 4 is 0 Å². The minimum Gasteiger partial charge on any atom is -0.310 e. The fourth-order valence-electron chi connectivity index (χ4n) is 3.69. The van der Waals surface area contributed by atoms with Crippen molar-refractivity contribution in [2.45, 2.75) is 83.6 Å². The van der Waals surface area contributed by atoms with E-state index >= 15 is 0 Å². The Bertz CT molecular complexity index is 250. The molecular formula is C17H31N. The van der Waals surface area contributed by atoms with Crippen molar-refractivity contribution < 1.29 is 0 Å². The van der Waals surface area contributed by atoms with Crippen LogP contribution in [-0.4, -0.2) is 12.6 Å². The maximum Gasteiger partial charge on any atom is 0.0307 e. The van der Waals surface area contributed by atoms with E-state index in [1.807, 2.05) is 0 Å². The Labute approximate surface area is 113 Å². The summed E-state index contributed by atoms with van der Waals surface area (Å²) in [5.74, 6) is 0.926. The third-order valence-electron chi connectivity index (χ3n) is 4.71. The van der Waals surface area contributed by atoms with Crippen LogP contribution in [-0.2, 0) is 0 Å². The van der Waals surface area contributed by atoms with Crippen LogP contribution in [0, 0.1) is 5.92 Å². The molecule has 0 spiro atoms. The van der Waals surface area contributed by atoms with Gasteiger partial charge in [-0.2, -0.15) is 0 Å². The topological polar surface area (TPSA) is 12.0 Å². The van der Waals surface area contributed by atoms with Gasteiger partial charge in [-0.3, -0.25) is 0 Å². The van der Waals surface area contributed by atoms with Crippen molar-refractivity contribution in [3.05, 3.63) is 11.6 Å². The maximum atomic E-state index is 3.87. The fourth-order valence-corrected chi connectivity index (χ4v) is 3.69. The van der Waals surface area contributed by atoms with Gasteiger partial charge in [0.1, 0.15) is 0 Å². The summed E-state index contributed by atoms with van der Waals surface area (Å²) in [6, 6.07) is 0.711. The van der Waals surface area contributed by atoms with E-state index in [9.17, 15) is 0 Å². The van der Waals surface area contributed by atoms with Crippen LogP contribution in [0.2, 0.25) is 0 Å². The summed E-state index contributed by atoms with van der Waals surface area (Å²) in [5, 5.41) is 3.87. The summed E-state index contributed by atoms with van der Waals surface area (Å²) in [4.78, 5) is 0. The van der Waals surface area contributed by atoms with E-state index in [1.165, 1.54) is 77.2 Å². The van der Waals surface area contributed by atoms with Gasteiger partial charge in [-0.25, -0.2) is 0 Å². The highest BCUT2D eigenvalue weighted by Crippen LogP contribution is 2.32. The van der Waals surface area contributed by atoms with Gasteiger partial charge in [0.25, 0.3) is 0 Å². The summed E-state index contributed by atoms with van der Waals surface area (Å²) in [7, 11) is 0. The SMILES string of the molecule is CCCNC(C1=CCCCCC1)C1CCCCC1. The van der Waals surface area contributed by atoms with E-state index in [4.69, 9.17) is 0 Å². The van der Waals surface area contributed by atoms with Gasteiger partial charge in [-0.1, -0.05) is 44.3 Å². The molecule has 1 nitrogen and oxygen atoms in total. The first-order chi connectivity index (χ1) is 8.92. The average Bonchev–Trinajstić information content (AvgIpc) is 2.70. The highest BCUT2D eigenvalue weighted by molar-refractivity contribution is 5.14. The van der Waals surface area contributed by atoms with Crippen molar-refractivity contribution in [1.29, 1.82) is 0 Å². The lowest BCUT2D eigenvalue weighted by molar-refractivity contribution is 0.288. The first-order valence-electron chi connectivity index (χ1n) is 8.34. The van der Waals surface area contributed by atoms with Crippen molar-refractivity contribution in [2.24, 2.45) is 5.92 Å². The third-order valence-corrected chi connectivity index (χ3v) is 4.71. The van der Waals surface area contributed by atoms with Gasteiger partial charge in [-0.05, 0) is 57.4 Å². The highest BCUT2D eigenvalue weighted by atomic mass is 14.9. The molecule has 0 aliphatic heterocycles. The second-order valence-corrected chi connectivity index (χ2v) is 6.21. The molecule has 1 saturated carbocycles. The molecule has 0 bridgehead atoms. The lowest BCUT2D eigenvalue weighted by atomic mass is 9.80. The number of nitrogens with one attached hydrogen (secondary N) is 1. The Kier molecular flexibility index (Phi) is 6.26. The van der Waals surface area contributed by atoms with Crippen molar-refractivity contribution in [2.75, 3.05) is 6.54 Å². The highest BCUT2D eigenvalue weighted by Gasteiger charge is 2.26. The first kappa shape index (κ1) is 14.1. The lowest BCUT2D eigenvalue weighted by Gasteiger charge is -2.33. The number of allylic oxidation sites excluding steroid dienone is 1. The smallest absolute Gasteiger partial charge is 0.0307 e. The van der Waals surface area contributed by atoms with E-state index in [-0.39, 0.29) is 0 Å². The third kappa shape index (κ3) is 4.12. The van der Waals surface area contributed by atoms with Crippen LogP contribution < -0.4 is 5.32 Å². The van der Waals surface area contributed by atoms with Crippen LogP contribution >= 0.6 is 0 Å². The second-order valence-electron chi connectivity index (χ2n) is 6.21. The minimum absolute atomic E-state index is 0.711. The molecule has 18 heavy (non-hydrogen) atoms. The Hall–Kier alpha value is -0.300. The molecule has 1 unspecified atom stereocenters. The molecule has 1 fully saturated rings. The van der Waals surface area contributed by atoms with E-state index in [1.54, 1.807) is 5.57 Å². The molecule has 0 aromatic rings. The largest absolute Gasteiger partial charge is 0.310 e. The quantitative estimate of drug-likeness (QED) is 0.688. The summed E-state index contributed by atoms with van der Waals surface area (Å²) >= 11 is 0. The molecule has 2 aliphatic rings. The van der Waals surface area contributed by atoms with Gasteiger partial charge in [-0.15, -0.1) is 0 Å². The van der Waals surface area contributed by atoms with Crippen LogP contribution in [0.1, 0.15) is 77.6 Å². The molecule has 0 aromatic heterocycles. The molecule has 1 N–H and O–H groups in total. The zero-order chi connectivity index (χ0) is 12.6. The molecule has 1 atom stereocenters. The molecule has 1 heteroatoms. The molecule has 0 aromatic carbocycles. The summed E-state index contributed by atoms with van der Waals surface area (Å²) in [5.41, 5.74) is 1.76. The van der Waals surface area contributed by atoms with Gasteiger partial charge < -0.3 is 5.32 Å². The van der Waals surface area contributed by atoms with E-state index in [0.29, 0.717) is 6.04 Å². The molecule has 2 rings (SSSR count). The van der Waals surface area contributed by atoms with Crippen molar-refractivity contribution in [3.63, 3.8) is 0 Å². The zero-order valence-corrected chi connectivity index (χ0v) is 12.2. The van der Waals surface area contributed by atoms with Crippen LogP contribution in [0.4, 0.5) is 0 Å². The zero-order valence-electron chi connectivity index (χ0n) is 12.2. The Balaban J connectivity index is 1.99. The fraction of sp³-hybridized carbons (Fsp3) is 0.882. The number of hydrogen-bond acceptors (Lipinski definition) is 1. The van der Waals surface area contributed by atoms with Crippen LogP contribution in [0.5, 0.6) is 0 Å². The van der Waals surface area contributed by atoms with Gasteiger partial charge in [0.05, 0.1) is 0 Å². The molecule has 104 valence electrons. The van der Waals surface area contributed by atoms with Gasteiger partial charge in [0.2, 0.25) is 0 Å². The second kappa shape index (κ2) is 7.99. The first-order valence-corrected chi connectivity index (χ1v) is 8.34. The summed E-state index contributed by atoms with van der Waals surface area (Å²) in [6.45, 7) is 3.48. The molecular weight excluding hydrogens is 218 g/mol. The van der Waals surface area contributed by atoms with Gasteiger partial charge >= 0.3 is 0 Å². The lowest BCUT2D eigenvalue weighted by Crippen LogP contribution is -2.39. The molecule has 0 radical (unpaired) electrons. The predicted octanol–water partition coefficient (Wildman–Crippen LogP) is 4.83. The van der Waals surface area contributed by atoms with Gasteiger partial charge in [0.15, 0.2) is 0 Å². The monoisotopic (exact) mass is 249 g/mol. The minimum atomic E-state index is 0.711. The van der Waals surface area contributed by atoms with Crippen LogP contribution in [0.3, 0.4) is 0 Å². The van der Waals surface area contributed by atoms with E-state index in [2.05, 4.69) is 18.3 Å². The normalized spacial score (nSPS) is 24.4. The molecule has 0 heterocycles. The van der Waals surface area contributed by atoms with Crippen LogP contribution in [0.25, 0.3) is 0 Å². The van der Waals surface area contributed by atoms with Crippen molar-refractivity contribution in [3.8, 4) is 0 Å². The Morgan fingerprint density at radius 3 is 2.67 bits per heavy atom. The maximum absolute atomic E-state index is 3.87. The standard InChI is InChI=1S/C17H31N/c1-2-14-18-17(16-12-8-5-9-13-16)15-10-6-3-4-7-11-15/h10,16-18H,2-9,11-14H2,1H3. The number of rotatable bonds is 5. The van der Waals surface area contributed by atoms with Crippen LogP contribution in [0.15, 0.2) is 11.6 Å². The molecule has 0 saturated heterocycles. The van der Waals surface area contributed by atoms with Gasteiger partial charge in [0, 0.05) is 6.04 Å². The summed E-state index contributed by atoms with van der Waals surface area (Å²) < 4.78 is 0. The number of hydrogen-bond donors (Lipinski definition) is 1. The molecule has 2 aliphatic carbocycles. The van der Waals surface area contributed by atoms with E-state index in [0.717, 1.165) is 5.92 Å². The summed E-state index contributed by atoms with van der Waals surface area (Å²) in [6.07, 6.45) is 18.1. The van der Waals surface area contributed by atoms with E-state index < -0.39 is 0 Å². The Morgan fingerprint density at radius 2 is 1.89 bits per heavy atom. The van der Waals surface area contributed by atoms with Crippen molar-refractivity contribution in [1.82, 2.24) is 5.32 Å². The Morgan fingerprint density at radius 1 is 1.11 bits per heavy atom.